The van der Waals surface area contributed by atoms with Crippen molar-refractivity contribution in [3.63, 3.8) is 0 Å². The lowest BCUT2D eigenvalue weighted by atomic mass is 9.84. The molecule has 0 saturated carbocycles. The molecule has 2 aromatic carbocycles. The number of piperidine rings is 2. The zero-order chi connectivity index (χ0) is 17.1. The number of halogens is 1. The SMILES string of the molecule is CCC(C1CCCNC1)N1CCCCC1c1cccc2ccccc12.Cl. The van der Waals surface area contributed by atoms with Crippen molar-refractivity contribution in [3.05, 3.63) is 48.0 Å². The van der Waals surface area contributed by atoms with Crippen molar-refractivity contribution in [2.45, 2.75) is 57.5 Å². The zero-order valence-electron chi connectivity index (χ0n) is 16.0. The second-order valence-corrected chi connectivity index (χ2v) is 7.90. The molecule has 0 spiro atoms. The number of nitrogens with zero attached hydrogens (tertiary/aromatic N) is 1. The van der Waals surface area contributed by atoms with Gasteiger partial charge in [0.15, 0.2) is 0 Å². The Morgan fingerprint density at radius 1 is 1.04 bits per heavy atom. The molecule has 2 aromatic rings. The van der Waals surface area contributed by atoms with Crippen LogP contribution in [0.5, 0.6) is 0 Å². The molecule has 3 unspecified atom stereocenters. The van der Waals surface area contributed by atoms with Gasteiger partial charge in [-0.1, -0.05) is 55.8 Å². The first-order valence-corrected chi connectivity index (χ1v) is 10.3. The third-order valence-electron chi connectivity index (χ3n) is 6.45. The van der Waals surface area contributed by atoms with Gasteiger partial charge in [0, 0.05) is 12.1 Å². The number of benzene rings is 2. The van der Waals surface area contributed by atoms with Crippen molar-refractivity contribution in [2.24, 2.45) is 5.92 Å². The summed E-state index contributed by atoms with van der Waals surface area (Å²) in [6.45, 7) is 6.08. The second-order valence-electron chi connectivity index (χ2n) is 7.90. The Labute approximate surface area is 164 Å². The Morgan fingerprint density at radius 3 is 2.69 bits per heavy atom. The molecule has 0 bridgehead atoms. The van der Waals surface area contributed by atoms with Gasteiger partial charge < -0.3 is 5.32 Å². The Morgan fingerprint density at radius 2 is 1.88 bits per heavy atom. The van der Waals surface area contributed by atoms with Crippen molar-refractivity contribution in [3.8, 4) is 0 Å². The van der Waals surface area contributed by atoms with Crippen LogP contribution in [0.2, 0.25) is 0 Å². The minimum Gasteiger partial charge on any atom is -0.316 e. The van der Waals surface area contributed by atoms with Crippen molar-refractivity contribution >= 4 is 23.2 Å². The molecule has 0 aromatic heterocycles. The summed E-state index contributed by atoms with van der Waals surface area (Å²) in [5.41, 5.74) is 1.56. The monoisotopic (exact) mass is 372 g/mol. The van der Waals surface area contributed by atoms with Crippen LogP contribution in [0, 0.1) is 5.92 Å². The molecule has 0 radical (unpaired) electrons. The van der Waals surface area contributed by atoms with Crippen LogP contribution in [-0.2, 0) is 0 Å². The molecule has 3 atom stereocenters. The standard InChI is InChI=1S/C23H32N2.ClH/c1-2-22(19-11-8-15-24-17-19)25-16-6-5-14-23(25)21-13-7-10-18-9-3-4-12-20(18)21;/h3-4,7,9-10,12-13,19,22-24H,2,5-6,8,11,14-17H2,1H3;1H. The first kappa shape index (κ1) is 19.7. The minimum atomic E-state index is 0. The van der Waals surface area contributed by atoms with Gasteiger partial charge in [0.05, 0.1) is 0 Å². The van der Waals surface area contributed by atoms with Gasteiger partial charge in [-0.05, 0) is 74.0 Å². The van der Waals surface area contributed by atoms with Gasteiger partial charge in [0.2, 0.25) is 0 Å². The Kier molecular flexibility index (Phi) is 6.97. The van der Waals surface area contributed by atoms with Crippen molar-refractivity contribution < 1.29 is 0 Å². The summed E-state index contributed by atoms with van der Waals surface area (Å²) in [6.07, 6.45) is 8.04. The number of nitrogens with one attached hydrogen (secondary N) is 1. The van der Waals surface area contributed by atoms with Crippen molar-refractivity contribution in [2.75, 3.05) is 19.6 Å². The highest BCUT2D eigenvalue weighted by Crippen LogP contribution is 2.39. The maximum absolute atomic E-state index is 3.65. The Hall–Kier alpha value is -1.09. The van der Waals surface area contributed by atoms with Gasteiger partial charge in [-0.2, -0.15) is 0 Å². The first-order valence-electron chi connectivity index (χ1n) is 10.3. The lowest BCUT2D eigenvalue weighted by molar-refractivity contribution is 0.0499. The molecular weight excluding hydrogens is 340 g/mol. The average molecular weight is 373 g/mol. The van der Waals surface area contributed by atoms with Gasteiger partial charge in [0.25, 0.3) is 0 Å². The fraction of sp³-hybridized carbons (Fsp3) is 0.565. The average Bonchev–Trinajstić information content (AvgIpc) is 2.69. The molecule has 2 aliphatic rings. The van der Waals surface area contributed by atoms with Crippen LogP contribution in [0.15, 0.2) is 42.5 Å². The van der Waals surface area contributed by atoms with E-state index in [2.05, 4.69) is 59.6 Å². The molecule has 2 nitrogen and oxygen atoms in total. The van der Waals surface area contributed by atoms with E-state index >= 15 is 0 Å². The van der Waals surface area contributed by atoms with E-state index in [1.807, 2.05) is 0 Å². The van der Waals surface area contributed by atoms with Crippen LogP contribution in [0.3, 0.4) is 0 Å². The first-order chi connectivity index (χ1) is 12.4. The lowest BCUT2D eigenvalue weighted by Crippen LogP contribution is -2.49. The quantitative estimate of drug-likeness (QED) is 0.755. The molecule has 2 fully saturated rings. The van der Waals surface area contributed by atoms with E-state index in [0.717, 1.165) is 12.0 Å². The predicted octanol–water partition coefficient (Wildman–Crippen LogP) is 5.57. The highest BCUT2D eigenvalue weighted by atomic mass is 35.5. The smallest absolute Gasteiger partial charge is 0.0357 e. The van der Waals surface area contributed by atoms with Crippen LogP contribution in [-0.4, -0.2) is 30.6 Å². The highest BCUT2D eigenvalue weighted by molar-refractivity contribution is 5.86. The Bertz CT molecular complexity index is 690. The number of fused-ring (bicyclic) bond motifs is 1. The summed E-state index contributed by atoms with van der Waals surface area (Å²) in [7, 11) is 0. The van der Waals surface area contributed by atoms with Crippen LogP contribution in [0.4, 0.5) is 0 Å². The molecule has 26 heavy (non-hydrogen) atoms. The number of hydrogen-bond donors (Lipinski definition) is 1. The molecule has 2 aliphatic heterocycles. The van der Waals surface area contributed by atoms with E-state index in [1.54, 1.807) is 5.56 Å². The molecule has 4 rings (SSSR count). The minimum absolute atomic E-state index is 0. The zero-order valence-corrected chi connectivity index (χ0v) is 16.8. The molecule has 3 heteroatoms. The summed E-state index contributed by atoms with van der Waals surface area (Å²) >= 11 is 0. The maximum Gasteiger partial charge on any atom is 0.0357 e. The van der Waals surface area contributed by atoms with Crippen molar-refractivity contribution in [1.82, 2.24) is 10.2 Å². The number of likely N-dealkylation sites (tertiary alicyclic amines) is 1. The summed E-state index contributed by atoms with van der Waals surface area (Å²) in [5.74, 6) is 0.814. The molecule has 142 valence electrons. The van der Waals surface area contributed by atoms with Gasteiger partial charge in [0.1, 0.15) is 0 Å². The van der Waals surface area contributed by atoms with E-state index in [4.69, 9.17) is 0 Å². The number of hydrogen-bond acceptors (Lipinski definition) is 2. The van der Waals surface area contributed by atoms with E-state index in [-0.39, 0.29) is 12.4 Å². The van der Waals surface area contributed by atoms with E-state index in [9.17, 15) is 0 Å². The second kappa shape index (κ2) is 9.21. The van der Waals surface area contributed by atoms with Crippen LogP contribution in [0.25, 0.3) is 10.8 Å². The summed E-state index contributed by atoms with van der Waals surface area (Å²) in [4.78, 5) is 2.88. The maximum atomic E-state index is 3.65. The molecular formula is C23H33ClN2. The normalized spacial score (nSPS) is 25.6. The lowest BCUT2D eigenvalue weighted by Gasteiger charge is -2.45. The highest BCUT2D eigenvalue weighted by Gasteiger charge is 2.34. The summed E-state index contributed by atoms with van der Waals surface area (Å²) in [5, 5.41) is 6.49. The van der Waals surface area contributed by atoms with Crippen LogP contribution in [0.1, 0.15) is 57.1 Å². The van der Waals surface area contributed by atoms with E-state index in [0.29, 0.717) is 6.04 Å². The molecule has 2 saturated heterocycles. The van der Waals surface area contributed by atoms with Gasteiger partial charge in [-0.3, -0.25) is 4.90 Å². The number of rotatable bonds is 4. The van der Waals surface area contributed by atoms with Crippen LogP contribution < -0.4 is 5.32 Å². The third-order valence-corrected chi connectivity index (χ3v) is 6.45. The Balaban J connectivity index is 0.00000196. The van der Waals surface area contributed by atoms with Gasteiger partial charge in [-0.15, -0.1) is 12.4 Å². The fourth-order valence-electron chi connectivity index (χ4n) is 5.27. The largest absolute Gasteiger partial charge is 0.316 e. The van der Waals surface area contributed by atoms with E-state index < -0.39 is 0 Å². The molecule has 2 heterocycles. The van der Waals surface area contributed by atoms with Crippen LogP contribution >= 0.6 is 12.4 Å². The third kappa shape index (κ3) is 3.93. The fourth-order valence-corrected chi connectivity index (χ4v) is 5.27. The molecule has 0 amide bonds. The predicted molar refractivity (Wildman–Crippen MR) is 114 cm³/mol. The molecule has 1 N–H and O–H groups in total. The summed E-state index contributed by atoms with van der Waals surface area (Å²) < 4.78 is 0. The topological polar surface area (TPSA) is 15.3 Å². The van der Waals surface area contributed by atoms with Gasteiger partial charge >= 0.3 is 0 Å². The van der Waals surface area contributed by atoms with Crippen molar-refractivity contribution in [1.29, 1.82) is 0 Å². The summed E-state index contributed by atoms with van der Waals surface area (Å²) in [6, 6.07) is 17.1. The van der Waals surface area contributed by atoms with Gasteiger partial charge in [-0.25, -0.2) is 0 Å². The molecule has 0 aliphatic carbocycles. The van der Waals surface area contributed by atoms with E-state index in [1.165, 1.54) is 68.9 Å².